The lowest BCUT2D eigenvalue weighted by molar-refractivity contribution is 0.0990. The third-order valence-corrected chi connectivity index (χ3v) is 1.79. The van der Waals surface area contributed by atoms with Gasteiger partial charge in [0.2, 0.25) is 11.8 Å². The standard InChI is InChI=1S/C11H19N3O2/c1-3-7-15-8-9-16-10-5-6-13-11(14-10)12-4-2/h5-6H,3-4,7-9H2,1-2H3,(H,12,13,14). The fourth-order valence-corrected chi connectivity index (χ4v) is 1.12. The van der Waals surface area contributed by atoms with E-state index in [4.69, 9.17) is 9.47 Å². The second kappa shape index (κ2) is 7.87. The summed E-state index contributed by atoms with van der Waals surface area (Å²) < 4.78 is 10.7. The molecule has 5 heteroatoms. The van der Waals surface area contributed by atoms with E-state index >= 15 is 0 Å². The zero-order valence-electron chi connectivity index (χ0n) is 9.90. The summed E-state index contributed by atoms with van der Waals surface area (Å²) in [5.74, 6) is 1.17. The quantitative estimate of drug-likeness (QED) is 0.683. The predicted molar refractivity (Wildman–Crippen MR) is 62.8 cm³/mol. The Hall–Kier alpha value is -1.36. The van der Waals surface area contributed by atoms with Crippen molar-refractivity contribution in [2.75, 3.05) is 31.7 Å². The molecule has 0 radical (unpaired) electrons. The summed E-state index contributed by atoms with van der Waals surface area (Å²) in [6.45, 7) is 6.75. The predicted octanol–water partition coefficient (Wildman–Crippen LogP) is 1.71. The molecule has 1 heterocycles. The van der Waals surface area contributed by atoms with Crippen molar-refractivity contribution in [3.05, 3.63) is 12.3 Å². The lowest BCUT2D eigenvalue weighted by Gasteiger charge is -2.07. The molecule has 0 saturated heterocycles. The molecule has 0 aliphatic rings. The maximum atomic E-state index is 5.42. The Labute approximate surface area is 96.2 Å². The maximum absolute atomic E-state index is 5.42. The second-order valence-electron chi connectivity index (χ2n) is 3.21. The van der Waals surface area contributed by atoms with Crippen LogP contribution in [0.25, 0.3) is 0 Å². The van der Waals surface area contributed by atoms with Crippen molar-refractivity contribution < 1.29 is 9.47 Å². The van der Waals surface area contributed by atoms with Crippen molar-refractivity contribution in [3.8, 4) is 5.88 Å². The van der Waals surface area contributed by atoms with Crippen LogP contribution in [0.4, 0.5) is 5.95 Å². The van der Waals surface area contributed by atoms with Gasteiger partial charge < -0.3 is 14.8 Å². The second-order valence-corrected chi connectivity index (χ2v) is 3.21. The number of nitrogens with one attached hydrogen (secondary N) is 1. The average molecular weight is 225 g/mol. The van der Waals surface area contributed by atoms with Crippen LogP contribution in [0, 0.1) is 0 Å². The molecule has 0 aliphatic heterocycles. The molecule has 1 N–H and O–H groups in total. The number of ether oxygens (including phenoxy) is 2. The number of hydrogen-bond acceptors (Lipinski definition) is 5. The highest BCUT2D eigenvalue weighted by Crippen LogP contribution is 2.07. The fourth-order valence-electron chi connectivity index (χ4n) is 1.12. The third-order valence-electron chi connectivity index (χ3n) is 1.79. The van der Waals surface area contributed by atoms with E-state index < -0.39 is 0 Å². The van der Waals surface area contributed by atoms with Crippen LogP contribution in [0.2, 0.25) is 0 Å². The van der Waals surface area contributed by atoms with E-state index in [1.54, 1.807) is 12.3 Å². The summed E-state index contributed by atoms with van der Waals surface area (Å²) in [7, 11) is 0. The number of nitrogens with zero attached hydrogens (tertiary/aromatic N) is 2. The lowest BCUT2D eigenvalue weighted by Crippen LogP contribution is -2.09. The Bertz CT molecular complexity index is 294. The molecule has 0 spiro atoms. The van der Waals surface area contributed by atoms with Crippen molar-refractivity contribution in [2.24, 2.45) is 0 Å². The molecular formula is C11H19N3O2. The molecule has 0 unspecified atom stereocenters. The molecule has 16 heavy (non-hydrogen) atoms. The van der Waals surface area contributed by atoms with Crippen LogP contribution in [0.15, 0.2) is 12.3 Å². The van der Waals surface area contributed by atoms with Crippen LogP contribution in [0.5, 0.6) is 5.88 Å². The highest BCUT2D eigenvalue weighted by atomic mass is 16.5. The first-order chi connectivity index (χ1) is 7.86. The van der Waals surface area contributed by atoms with Crippen LogP contribution >= 0.6 is 0 Å². The van der Waals surface area contributed by atoms with Crippen LogP contribution in [-0.4, -0.2) is 36.3 Å². The van der Waals surface area contributed by atoms with Gasteiger partial charge in [-0.05, 0) is 13.3 Å². The Kier molecular flexibility index (Phi) is 6.25. The molecule has 1 aromatic rings. The molecule has 1 aromatic heterocycles. The Morgan fingerprint density at radius 3 is 2.88 bits per heavy atom. The summed E-state index contributed by atoms with van der Waals surface area (Å²) >= 11 is 0. The number of aromatic nitrogens is 2. The molecule has 0 bridgehead atoms. The van der Waals surface area contributed by atoms with E-state index in [1.807, 2.05) is 6.92 Å². The van der Waals surface area contributed by atoms with E-state index in [9.17, 15) is 0 Å². The summed E-state index contributed by atoms with van der Waals surface area (Å²) in [5.41, 5.74) is 0. The van der Waals surface area contributed by atoms with E-state index in [0.29, 0.717) is 25.0 Å². The molecule has 5 nitrogen and oxygen atoms in total. The van der Waals surface area contributed by atoms with E-state index in [-0.39, 0.29) is 0 Å². The van der Waals surface area contributed by atoms with Crippen LogP contribution in [0.1, 0.15) is 20.3 Å². The largest absolute Gasteiger partial charge is 0.475 e. The Balaban J connectivity index is 2.27. The minimum atomic E-state index is 0.516. The van der Waals surface area contributed by atoms with Gasteiger partial charge in [0.05, 0.1) is 6.61 Å². The Morgan fingerprint density at radius 2 is 2.12 bits per heavy atom. The van der Waals surface area contributed by atoms with Crippen molar-refractivity contribution in [3.63, 3.8) is 0 Å². The molecule has 0 atom stereocenters. The van der Waals surface area contributed by atoms with Crippen LogP contribution in [-0.2, 0) is 4.74 Å². The smallest absolute Gasteiger partial charge is 0.225 e. The van der Waals surface area contributed by atoms with Crippen LogP contribution in [0.3, 0.4) is 0 Å². The zero-order chi connectivity index (χ0) is 11.6. The first-order valence-electron chi connectivity index (χ1n) is 5.64. The van der Waals surface area contributed by atoms with Gasteiger partial charge in [0, 0.05) is 25.4 Å². The highest BCUT2D eigenvalue weighted by Gasteiger charge is 1.98. The first-order valence-corrected chi connectivity index (χ1v) is 5.64. The zero-order valence-corrected chi connectivity index (χ0v) is 9.90. The minimum absolute atomic E-state index is 0.516. The molecular weight excluding hydrogens is 206 g/mol. The van der Waals surface area contributed by atoms with E-state index in [2.05, 4.69) is 22.2 Å². The monoisotopic (exact) mass is 225 g/mol. The average Bonchev–Trinajstić information content (AvgIpc) is 2.30. The number of anilines is 1. The van der Waals surface area contributed by atoms with Crippen LogP contribution < -0.4 is 10.1 Å². The summed E-state index contributed by atoms with van der Waals surface area (Å²) in [5, 5.41) is 3.03. The fraction of sp³-hybridized carbons (Fsp3) is 0.636. The SMILES string of the molecule is CCCOCCOc1ccnc(NCC)n1. The summed E-state index contributed by atoms with van der Waals surface area (Å²) in [6.07, 6.45) is 2.70. The molecule has 0 aliphatic carbocycles. The molecule has 0 aromatic carbocycles. The van der Waals surface area contributed by atoms with Crippen molar-refractivity contribution >= 4 is 5.95 Å². The number of hydrogen-bond donors (Lipinski definition) is 1. The molecule has 90 valence electrons. The van der Waals surface area contributed by atoms with Crippen molar-refractivity contribution in [1.29, 1.82) is 0 Å². The highest BCUT2D eigenvalue weighted by molar-refractivity contribution is 5.26. The van der Waals surface area contributed by atoms with Gasteiger partial charge in [-0.25, -0.2) is 4.98 Å². The molecule has 0 fully saturated rings. The number of rotatable bonds is 8. The van der Waals surface area contributed by atoms with Crippen molar-refractivity contribution in [2.45, 2.75) is 20.3 Å². The molecule has 1 rings (SSSR count). The lowest BCUT2D eigenvalue weighted by atomic mass is 10.5. The normalized spacial score (nSPS) is 10.1. The molecule has 0 saturated carbocycles. The van der Waals surface area contributed by atoms with E-state index in [1.165, 1.54) is 0 Å². The van der Waals surface area contributed by atoms with Gasteiger partial charge in [0.15, 0.2) is 0 Å². The van der Waals surface area contributed by atoms with E-state index in [0.717, 1.165) is 19.6 Å². The maximum Gasteiger partial charge on any atom is 0.225 e. The topological polar surface area (TPSA) is 56.3 Å². The summed E-state index contributed by atoms with van der Waals surface area (Å²) in [6, 6.07) is 1.74. The van der Waals surface area contributed by atoms with Gasteiger partial charge in [-0.15, -0.1) is 0 Å². The van der Waals surface area contributed by atoms with Gasteiger partial charge in [0.1, 0.15) is 6.61 Å². The van der Waals surface area contributed by atoms with Gasteiger partial charge in [0.25, 0.3) is 0 Å². The van der Waals surface area contributed by atoms with Gasteiger partial charge in [-0.3, -0.25) is 0 Å². The van der Waals surface area contributed by atoms with Gasteiger partial charge >= 0.3 is 0 Å². The van der Waals surface area contributed by atoms with Gasteiger partial charge in [-0.1, -0.05) is 6.92 Å². The first kappa shape index (κ1) is 12.7. The van der Waals surface area contributed by atoms with Crippen molar-refractivity contribution in [1.82, 2.24) is 9.97 Å². The Morgan fingerprint density at radius 1 is 1.25 bits per heavy atom. The minimum Gasteiger partial charge on any atom is -0.475 e. The molecule has 0 amide bonds. The third kappa shape index (κ3) is 4.93. The summed E-state index contributed by atoms with van der Waals surface area (Å²) in [4.78, 5) is 8.23. The van der Waals surface area contributed by atoms with Gasteiger partial charge in [-0.2, -0.15) is 4.98 Å².